The van der Waals surface area contributed by atoms with Gasteiger partial charge in [0.2, 0.25) is 11.8 Å². The van der Waals surface area contributed by atoms with Crippen molar-refractivity contribution in [1.29, 1.82) is 0 Å². The smallest absolute Gasteiger partial charge is 0.228 e. The Kier molecular flexibility index (Phi) is 4.37. The first-order valence-corrected chi connectivity index (χ1v) is 9.23. The summed E-state index contributed by atoms with van der Waals surface area (Å²) in [5.41, 5.74) is 1.58. The molecular weight excluding hydrogens is 344 g/mol. The summed E-state index contributed by atoms with van der Waals surface area (Å²) in [5, 5.41) is 5.92. The second kappa shape index (κ2) is 6.72. The molecule has 2 aliphatic rings. The summed E-state index contributed by atoms with van der Waals surface area (Å²) in [4.78, 5) is 29.2. The van der Waals surface area contributed by atoms with Crippen LogP contribution in [-0.2, 0) is 16.1 Å². The van der Waals surface area contributed by atoms with E-state index in [-0.39, 0.29) is 23.7 Å². The average molecular weight is 368 g/mol. The molecule has 7 nitrogen and oxygen atoms in total. The van der Waals surface area contributed by atoms with Crippen molar-refractivity contribution in [2.24, 2.45) is 5.41 Å². The Bertz CT molecular complexity index is 885. The Morgan fingerprint density at radius 3 is 2.93 bits per heavy atom. The molecule has 0 radical (unpaired) electrons. The Morgan fingerprint density at radius 1 is 1.44 bits per heavy atom. The van der Waals surface area contributed by atoms with Gasteiger partial charge in [-0.15, -0.1) is 0 Å². The highest BCUT2D eigenvalue weighted by Crippen LogP contribution is 2.47. The van der Waals surface area contributed by atoms with E-state index in [0.29, 0.717) is 18.0 Å². The number of rotatable bonds is 6. The number of benzene rings is 1. The van der Waals surface area contributed by atoms with E-state index in [1.165, 1.54) is 0 Å². The van der Waals surface area contributed by atoms with Crippen LogP contribution in [0.4, 0.5) is 5.69 Å². The van der Waals surface area contributed by atoms with Gasteiger partial charge in [-0.2, -0.15) is 0 Å². The van der Waals surface area contributed by atoms with Gasteiger partial charge in [-0.25, -0.2) is 4.98 Å². The highest BCUT2D eigenvalue weighted by atomic mass is 16.5. The van der Waals surface area contributed by atoms with Crippen LogP contribution in [-0.4, -0.2) is 35.0 Å². The second-order valence-electron chi connectivity index (χ2n) is 7.58. The van der Waals surface area contributed by atoms with Crippen molar-refractivity contribution < 1.29 is 14.3 Å². The van der Waals surface area contributed by atoms with Gasteiger partial charge in [0, 0.05) is 43.0 Å². The Balaban J connectivity index is 1.46. The highest BCUT2D eigenvalue weighted by molar-refractivity contribution is 6.01. The fourth-order valence-electron chi connectivity index (χ4n) is 3.70. The Labute approximate surface area is 158 Å². The molecule has 0 spiro atoms. The predicted molar refractivity (Wildman–Crippen MR) is 101 cm³/mol. The lowest BCUT2D eigenvalue weighted by atomic mass is 9.89. The lowest BCUT2D eigenvalue weighted by Gasteiger charge is -2.26. The molecule has 1 saturated carbocycles. The van der Waals surface area contributed by atoms with Crippen molar-refractivity contribution in [1.82, 2.24) is 14.9 Å². The van der Waals surface area contributed by atoms with Crippen LogP contribution >= 0.6 is 0 Å². The van der Waals surface area contributed by atoms with E-state index < -0.39 is 5.92 Å². The topological polar surface area (TPSA) is 85.2 Å². The molecule has 0 unspecified atom stereocenters. The van der Waals surface area contributed by atoms with Gasteiger partial charge in [-0.3, -0.25) is 9.59 Å². The zero-order valence-electron chi connectivity index (χ0n) is 15.6. The lowest BCUT2D eigenvalue weighted by molar-refractivity contribution is -0.126. The Hall–Kier alpha value is -2.83. The zero-order valence-corrected chi connectivity index (χ0v) is 15.6. The summed E-state index contributed by atoms with van der Waals surface area (Å²) < 4.78 is 7.41. The number of aromatic nitrogens is 2. The molecule has 1 aromatic carbocycles. The number of aryl methyl sites for hydroxylation is 1. The van der Waals surface area contributed by atoms with E-state index in [1.54, 1.807) is 25.4 Å². The van der Waals surface area contributed by atoms with Crippen molar-refractivity contribution in [3.63, 3.8) is 0 Å². The lowest BCUT2D eigenvalue weighted by Crippen LogP contribution is -2.38. The number of carbonyl (C=O) groups is 2. The number of anilines is 1. The van der Waals surface area contributed by atoms with Crippen molar-refractivity contribution >= 4 is 17.5 Å². The van der Waals surface area contributed by atoms with Crippen LogP contribution in [0.1, 0.15) is 36.6 Å². The number of amides is 2. The van der Waals surface area contributed by atoms with Gasteiger partial charge in [-0.05, 0) is 43.5 Å². The number of ether oxygens (including phenoxy) is 1. The molecule has 2 amide bonds. The van der Waals surface area contributed by atoms with Crippen LogP contribution < -0.4 is 15.4 Å². The van der Waals surface area contributed by atoms with E-state index in [9.17, 15) is 9.59 Å². The third-order valence-corrected chi connectivity index (χ3v) is 5.64. The summed E-state index contributed by atoms with van der Waals surface area (Å²) in [6, 6.07) is 5.41. The number of imidazole rings is 1. The van der Waals surface area contributed by atoms with Gasteiger partial charge in [0.1, 0.15) is 11.6 Å². The zero-order chi connectivity index (χ0) is 19.0. The molecule has 2 aromatic rings. The summed E-state index contributed by atoms with van der Waals surface area (Å²) in [6.07, 6.45) is 6.10. The number of nitrogens with zero attached hydrogens (tertiary/aromatic N) is 2. The van der Waals surface area contributed by atoms with E-state index >= 15 is 0 Å². The minimum Gasteiger partial charge on any atom is -0.497 e. The quantitative estimate of drug-likeness (QED) is 0.819. The number of hydrogen-bond acceptors (Lipinski definition) is 4. The standard InChI is InChI=1S/C20H24N4O3/c1-13-21-7-8-24(13)12-20(5-6-20)11-22-19(26)16-10-18(25)23-17-4-3-14(27-2)9-15(16)17/h3-4,7-9,16H,5-6,10-12H2,1-2H3,(H,22,26)(H,23,25)/t16-/m0/s1. The largest absolute Gasteiger partial charge is 0.497 e. The summed E-state index contributed by atoms with van der Waals surface area (Å²) >= 11 is 0. The predicted octanol–water partition coefficient (Wildman–Crippen LogP) is 2.22. The van der Waals surface area contributed by atoms with Gasteiger partial charge >= 0.3 is 0 Å². The number of hydrogen-bond donors (Lipinski definition) is 2. The molecule has 1 fully saturated rings. The number of carbonyl (C=O) groups excluding carboxylic acids is 2. The molecule has 1 atom stereocenters. The van der Waals surface area contributed by atoms with Crippen LogP contribution in [0.5, 0.6) is 5.75 Å². The highest BCUT2D eigenvalue weighted by Gasteiger charge is 2.44. The first kappa shape index (κ1) is 17.6. The first-order chi connectivity index (χ1) is 13.0. The normalized spacial score (nSPS) is 19.8. The van der Waals surface area contributed by atoms with Gasteiger partial charge < -0.3 is 19.9 Å². The summed E-state index contributed by atoms with van der Waals surface area (Å²) in [5.74, 6) is 0.931. The van der Waals surface area contributed by atoms with Gasteiger partial charge in [-0.1, -0.05) is 0 Å². The summed E-state index contributed by atoms with van der Waals surface area (Å²) in [6.45, 7) is 3.45. The molecule has 7 heteroatoms. The third kappa shape index (κ3) is 3.54. The molecule has 2 N–H and O–H groups in total. The van der Waals surface area contributed by atoms with E-state index in [2.05, 4.69) is 20.2 Å². The van der Waals surface area contributed by atoms with Crippen molar-refractivity contribution in [3.05, 3.63) is 42.0 Å². The maximum atomic E-state index is 12.9. The molecule has 4 rings (SSSR count). The van der Waals surface area contributed by atoms with Crippen molar-refractivity contribution in [2.45, 2.75) is 38.6 Å². The van der Waals surface area contributed by atoms with E-state index in [0.717, 1.165) is 30.8 Å². The maximum Gasteiger partial charge on any atom is 0.228 e. The van der Waals surface area contributed by atoms with Crippen LogP contribution in [0.2, 0.25) is 0 Å². The molecule has 1 aliphatic carbocycles. The Morgan fingerprint density at radius 2 is 2.26 bits per heavy atom. The first-order valence-electron chi connectivity index (χ1n) is 9.23. The van der Waals surface area contributed by atoms with Gasteiger partial charge in [0.15, 0.2) is 0 Å². The number of nitrogens with one attached hydrogen (secondary N) is 2. The molecule has 2 heterocycles. The van der Waals surface area contributed by atoms with Crippen LogP contribution in [0.25, 0.3) is 0 Å². The summed E-state index contributed by atoms with van der Waals surface area (Å²) in [7, 11) is 1.59. The second-order valence-corrected chi connectivity index (χ2v) is 7.58. The number of methoxy groups -OCH3 is 1. The minimum absolute atomic E-state index is 0.0925. The minimum atomic E-state index is -0.491. The van der Waals surface area contributed by atoms with E-state index in [4.69, 9.17) is 4.74 Å². The molecule has 27 heavy (non-hydrogen) atoms. The van der Waals surface area contributed by atoms with Crippen molar-refractivity contribution in [3.8, 4) is 5.75 Å². The molecule has 0 bridgehead atoms. The third-order valence-electron chi connectivity index (χ3n) is 5.64. The molecule has 1 aliphatic heterocycles. The van der Waals surface area contributed by atoms with Gasteiger partial charge in [0.05, 0.1) is 13.0 Å². The maximum absolute atomic E-state index is 12.9. The van der Waals surface area contributed by atoms with Crippen molar-refractivity contribution in [2.75, 3.05) is 19.0 Å². The average Bonchev–Trinajstić information content (AvgIpc) is 3.32. The molecular formula is C20H24N4O3. The van der Waals surface area contributed by atoms with Gasteiger partial charge in [0.25, 0.3) is 0 Å². The monoisotopic (exact) mass is 368 g/mol. The molecule has 0 saturated heterocycles. The fraction of sp³-hybridized carbons (Fsp3) is 0.450. The number of fused-ring (bicyclic) bond motifs is 1. The van der Waals surface area contributed by atoms with Crippen LogP contribution in [0, 0.1) is 12.3 Å². The molecule has 142 valence electrons. The van der Waals surface area contributed by atoms with E-state index in [1.807, 2.05) is 19.2 Å². The fourth-order valence-corrected chi connectivity index (χ4v) is 3.70. The van der Waals surface area contributed by atoms with Crippen LogP contribution in [0.15, 0.2) is 30.6 Å². The molecule has 1 aromatic heterocycles. The SMILES string of the molecule is COc1ccc2c(c1)[C@@H](C(=O)NCC1(Cn3ccnc3C)CC1)CC(=O)N2. The van der Waals surface area contributed by atoms with Crippen LogP contribution in [0.3, 0.4) is 0 Å².